The molecule has 156 valence electrons. The number of carbonyl (C=O) groups excluding carboxylic acids is 3. The molecule has 0 bridgehead atoms. The van der Waals surface area contributed by atoms with Crippen molar-refractivity contribution in [1.29, 1.82) is 0 Å². The van der Waals surface area contributed by atoms with Crippen molar-refractivity contribution in [1.82, 2.24) is 16.0 Å². The van der Waals surface area contributed by atoms with Crippen molar-refractivity contribution in [3.63, 3.8) is 0 Å². The highest BCUT2D eigenvalue weighted by atomic mass is 16.4. The number of aliphatic hydroxyl groups excluding tert-OH is 1. The minimum atomic E-state index is -1.37. The summed E-state index contributed by atoms with van der Waals surface area (Å²) >= 11 is 0. The van der Waals surface area contributed by atoms with Gasteiger partial charge in [-0.1, -0.05) is 27.7 Å². The number of carboxylic acids is 1. The van der Waals surface area contributed by atoms with Gasteiger partial charge in [-0.25, -0.2) is 4.79 Å². The van der Waals surface area contributed by atoms with Crippen LogP contribution in [0, 0.1) is 11.8 Å². The van der Waals surface area contributed by atoms with Gasteiger partial charge in [0.15, 0.2) is 0 Å². The molecule has 0 aromatic rings. The number of aliphatic hydroxyl groups is 1. The van der Waals surface area contributed by atoms with Gasteiger partial charge >= 0.3 is 5.97 Å². The fourth-order valence-corrected chi connectivity index (χ4v) is 2.37. The number of nitrogens with two attached hydrogens (primary N) is 1. The van der Waals surface area contributed by atoms with E-state index in [2.05, 4.69) is 16.0 Å². The number of amides is 3. The molecule has 0 aliphatic heterocycles. The molecule has 0 spiro atoms. The first-order valence-corrected chi connectivity index (χ1v) is 8.91. The molecule has 10 nitrogen and oxygen atoms in total. The van der Waals surface area contributed by atoms with Gasteiger partial charge in [0.1, 0.15) is 18.1 Å². The standard InChI is InChI=1S/C17H32N4O6/c1-8(2)6-11(19-12(23)7-18)15(24)21-14(10(5)22)16(25)20-13(9(3)4)17(26)27/h8-11,13-14,22H,6-7,18H2,1-5H3,(H,19,23)(H,20,25)(H,21,24)(H,26,27). The Bertz CT molecular complexity index is 536. The molecule has 3 amide bonds. The Balaban J connectivity index is 5.28. The predicted octanol–water partition coefficient (Wildman–Crippen LogP) is -1.43. The molecule has 4 atom stereocenters. The molecule has 0 heterocycles. The lowest BCUT2D eigenvalue weighted by atomic mass is 10.0. The summed E-state index contributed by atoms with van der Waals surface area (Å²) in [6.45, 7) is 7.95. The van der Waals surface area contributed by atoms with Crippen LogP contribution < -0.4 is 21.7 Å². The maximum Gasteiger partial charge on any atom is 0.326 e. The third kappa shape index (κ3) is 8.83. The van der Waals surface area contributed by atoms with E-state index >= 15 is 0 Å². The lowest BCUT2D eigenvalue weighted by Gasteiger charge is -2.27. The molecule has 4 unspecified atom stereocenters. The van der Waals surface area contributed by atoms with E-state index in [9.17, 15) is 29.4 Å². The zero-order chi connectivity index (χ0) is 21.3. The quantitative estimate of drug-likeness (QED) is 0.252. The van der Waals surface area contributed by atoms with Gasteiger partial charge in [0, 0.05) is 0 Å². The van der Waals surface area contributed by atoms with E-state index in [-0.39, 0.29) is 12.5 Å². The second kappa shape index (κ2) is 11.5. The fraction of sp³-hybridized carbons (Fsp3) is 0.765. The Hall–Kier alpha value is -2.20. The lowest BCUT2D eigenvalue weighted by Crippen LogP contribution is -2.60. The molecule has 10 heteroatoms. The summed E-state index contributed by atoms with van der Waals surface area (Å²) in [6, 6.07) is -3.47. The number of hydrogen-bond acceptors (Lipinski definition) is 6. The van der Waals surface area contributed by atoms with E-state index in [0.717, 1.165) is 0 Å². The Morgan fingerprint density at radius 2 is 1.41 bits per heavy atom. The van der Waals surface area contributed by atoms with Gasteiger partial charge < -0.3 is 31.9 Å². The average molecular weight is 388 g/mol. The van der Waals surface area contributed by atoms with Gasteiger partial charge in [0.25, 0.3) is 0 Å². The number of carbonyl (C=O) groups is 4. The average Bonchev–Trinajstić information content (AvgIpc) is 2.54. The maximum absolute atomic E-state index is 12.5. The summed E-state index contributed by atoms with van der Waals surface area (Å²) in [7, 11) is 0. The van der Waals surface area contributed by atoms with Crippen molar-refractivity contribution < 1.29 is 29.4 Å². The number of aliphatic carboxylic acids is 1. The molecule has 0 radical (unpaired) electrons. The molecule has 0 saturated carbocycles. The van der Waals surface area contributed by atoms with Crippen molar-refractivity contribution in [3.05, 3.63) is 0 Å². The second-order valence-corrected chi connectivity index (χ2v) is 7.25. The summed E-state index contributed by atoms with van der Waals surface area (Å²) < 4.78 is 0. The van der Waals surface area contributed by atoms with Crippen LogP contribution in [0.25, 0.3) is 0 Å². The molecule has 0 aliphatic rings. The second-order valence-electron chi connectivity index (χ2n) is 7.25. The fourth-order valence-electron chi connectivity index (χ4n) is 2.37. The first-order valence-electron chi connectivity index (χ1n) is 8.91. The van der Waals surface area contributed by atoms with Gasteiger partial charge in [-0.3, -0.25) is 14.4 Å². The van der Waals surface area contributed by atoms with E-state index < -0.39 is 53.8 Å². The van der Waals surface area contributed by atoms with E-state index in [1.807, 2.05) is 13.8 Å². The predicted molar refractivity (Wildman–Crippen MR) is 98.5 cm³/mol. The van der Waals surface area contributed by atoms with Crippen LogP contribution in [0.4, 0.5) is 0 Å². The smallest absolute Gasteiger partial charge is 0.326 e. The lowest BCUT2D eigenvalue weighted by molar-refractivity contribution is -0.144. The van der Waals surface area contributed by atoms with Gasteiger partial charge in [-0.15, -0.1) is 0 Å². The van der Waals surface area contributed by atoms with Gasteiger partial charge in [0.05, 0.1) is 12.6 Å². The van der Waals surface area contributed by atoms with Gasteiger partial charge in [-0.2, -0.15) is 0 Å². The first kappa shape index (κ1) is 24.8. The molecule has 0 saturated heterocycles. The monoisotopic (exact) mass is 388 g/mol. The van der Waals surface area contributed by atoms with Crippen LogP contribution in [0.15, 0.2) is 0 Å². The van der Waals surface area contributed by atoms with Crippen LogP contribution in [0.5, 0.6) is 0 Å². The van der Waals surface area contributed by atoms with Gasteiger partial charge in [0.2, 0.25) is 17.7 Å². The normalized spacial score (nSPS) is 15.6. The molecule has 0 fully saturated rings. The third-order valence-corrected chi connectivity index (χ3v) is 3.84. The Morgan fingerprint density at radius 1 is 0.889 bits per heavy atom. The van der Waals surface area contributed by atoms with Crippen LogP contribution in [0.1, 0.15) is 41.0 Å². The Morgan fingerprint density at radius 3 is 1.78 bits per heavy atom. The third-order valence-electron chi connectivity index (χ3n) is 3.84. The van der Waals surface area contributed by atoms with Crippen LogP contribution in [-0.4, -0.2) is 64.7 Å². The molecule has 0 aliphatic carbocycles. The van der Waals surface area contributed by atoms with Crippen LogP contribution in [0.3, 0.4) is 0 Å². The van der Waals surface area contributed by atoms with Crippen molar-refractivity contribution in [2.75, 3.05) is 6.54 Å². The number of carboxylic acid groups (broad SMARTS) is 1. The summed E-state index contributed by atoms with van der Waals surface area (Å²) in [5.74, 6) is -3.57. The van der Waals surface area contributed by atoms with Gasteiger partial charge in [-0.05, 0) is 25.2 Å². The van der Waals surface area contributed by atoms with Crippen molar-refractivity contribution >= 4 is 23.7 Å². The highest BCUT2D eigenvalue weighted by Crippen LogP contribution is 2.07. The molecule has 7 N–H and O–H groups in total. The van der Waals surface area contributed by atoms with Crippen LogP contribution >= 0.6 is 0 Å². The molecule has 27 heavy (non-hydrogen) atoms. The van der Waals surface area contributed by atoms with Crippen molar-refractivity contribution in [2.24, 2.45) is 17.6 Å². The minimum Gasteiger partial charge on any atom is -0.480 e. The Labute approximate surface area is 159 Å². The molecular formula is C17H32N4O6. The number of rotatable bonds is 11. The SMILES string of the molecule is CC(C)CC(NC(=O)CN)C(=O)NC(C(=O)NC(C(=O)O)C(C)C)C(C)O. The van der Waals surface area contributed by atoms with E-state index in [1.165, 1.54) is 6.92 Å². The van der Waals surface area contributed by atoms with E-state index in [4.69, 9.17) is 5.73 Å². The zero-order valence-electron chi connectivity index (χ0n) is 16.5. The first-order chi connectivity index (χ1) is 12.4. The van der Waals surface area contributed by atoms with Crippen LogP contribution in [0.2, 0.25) is 0 Å². The minimum absolute atomic E-state index is 0.0648. The van der Waals surface area contributed by atoms with Crippen LogP contribution in [-0.2, 0) is 19.2 Å². The number of hydrogen-bond donors (Lipinski definition) is 6. The summed E-state index contributed by atoms with van der Waals surface area (Å²) in [5, 5.41) is 26.2. The molecule has 0 aromatic heterocycles. The van der Waals surface area contributed by atoms with Crippen molar-refractivity contribution in [3.8, 4) is 0 Å². The zero-order valence-corrected chi connectivity index (χ0v) is 16.5. The van der Waals surface area contributed by atoms with E-state index in [1.54, 1.807) is 13.8 Å². The van der Waals surface area contributed by atoms with E-state index in [0.29, 0.717) is 6.42 Å². The summed E-state index contributed by atoms with van der Waals surface area (Å²) in [4.78, 5) is 47.7. The maximum atomic E-state index is 12.5. The summed E-state index contributed by atoms with van der Waals surface area (Å²) in [6.07, 6.45) is -0.976. The number of nitrogens with one attached hydrogen (secondary N) is 3. The van der Waals surface area contributed by atoms with Crippen molar-refractivity contribution in [2.45, 2.75) is 65.3 Å². The Kier molecular flexibility index (Phi) is 10.6. The highest BCUT2D eigenvalue weighted by molar-refractivity contribution is 5.93. The largest absolute Gasteiger partial charge is 0.480 e. The molecule has 0 rings (SSSR count). The topological polar surface area (TPSA) is 171 Å². The molecular weight excluding hydrogens is 356 g/mol. The highest BCUT2D eigenvalue weighted by Gasteiger charge is 2.33. The summed E-state index contributed by atoms with van der Waals surface area (Å²) in [5.41, 5.74) is 5.26. The molecule has 0 aromatic carbocycles.